The van der Waals surface area contributed by atoms with E-state index in [1.54, 1.807) is 7.11 Å². The Balaban J connectivity index is 2.57. The summed E-state index contributed by atoms with van der Waals surface area (Å²) in [5, 5.41) is 9.86. The molecule has 0 aromatic heterocycles. The molecule has 3 nitrogen and oxygen atoms in total. The Bertz CT molecular complexity index is 336. The van der Waals surface area contributed by atoms with Crippen molar-refractivity contribution in [2.75, 3.05) is 20.3 Å². The zero-order chi connectivity index (χ0) is 12.7. The Hall–Kier alpha value is -1.06. The Kier molecular flexibility index (Phi) is 6.01. The van der Waals surface area contributed by atoms with Crippen LogP contribution in [0.15, 0.2) is 18.2 Å². The zero-order valence-corrected chi connectivity index (χ0v) is 10.9. The van der Waals surface area contributed by atoms with Crippen molar-refractivity contribution in [2.45, 2.75) is 32.8 Å². The Morgan fingerprint density at radius 2 is 2.12 bits per heavy atom. The molecule has 0 aliphatic heterocycles. The normalized spacial score (nSPS) is 12.5. The van der Waals surface area contributed by atoms with Crippen molar-refractivity contribution >= 4 is 0 Å². The van der Waals surface area contributed by atoms with Crippen molar-refractivity contribution in [1.29, 1.82) is 0 Å². The Morgan fingerprint density at radius 1 is 1.35 bits per heavy atom. The SMILES string of the molecule is CCCOCC(O)Cc1cc(C)ccc1OC. The highest BCUT2D eigenvalue weighted by Gasteiger charge is 2.10. The number of aliphatic hydroxyl groups excluding tert-OH is 1. The molecule has 1 unspecified atom stereocenters. The predicted octanol–water partition coefficient (Wildman–Crippen LogP) is 2.33. The minimum Gasteiger partial charge on any atom is -0.496 e. The first-order valence-electron chi connectivity index (χ1n) is 6.06. The number of hydrogen-bond acceptors (Lipinski definition) is 3. The monoisotopic (exact) mass is 238 g/mol. The third-order valence-electron chi connectivity index (χ3n) is 2.55. The van der Waals surface area contributed by atoms with Crippen molar-refractivity contribution in [2.24, 2.45) is 0 Å². The summed E-state index contributed by atoms with van der Waals surface area (Å²) in [6.07, 6.45) is 1.06. The average Bonchev–Trinajstić information content (AvgIpc) is 2.29. The summed E-state index contributed by atoms with van der Waals surface area (Å²) in [6, 6.07) is 5.98. The molecule has 0 aliphatic carbocycles. The maximum atomic E-state index is 9.86. The lowest BCUT2D eigenvalue weighted by Crippen LogP contribution is -2.18. The lowest BCUT2D eigenvalue weighted by Gasteiger charge is -2.14. The summed E-state index contributed by atoms with van der Waals surface area (Å²) in [7, 11) is 1.65. The first-order valence-corrected chi connectivity index (χ1v) is 6.06. The van der Waals surface area contributed by atoms with Gasteiger partial charge in [-0.1, -0.05) is 24.6 Å². The highest BCUT2D eigenvalue weighted by atomic mass is 16.5. The molecule has 0 spiro atoms. The second-order valence-corrected chi connectivity index (χ2v) is 4.25. The number of benzene rings is 1. The molecule has 0 saturated carbocycles. The first kappa shape index (κ1) is 14.0. The van der Waals surface area contributed by atoms with Crippen LogP contribution in [0, 0.1) is 6.92 Å². The van der Waals surface area contributed by atoms with Crippen LogP contribution in [0.1, 0.15) is 24.5 Å². The second-order valence-electron chi connectivity index (χ2n) is 4.25. The van der Waals surface area contributed by atoms with Gasteiger partial charge in [-0.15, -0.1) is 0 Å². The maximum absolute atomic E-state index is 9.86. The van der Waals surface area contributed by atoms with Gasteiger partial charge in [0.05, 0.1) is 19.8 Å². The molecular formula is C14H22O3. The first-order chi connectivity index (χ1) is 8.17. The fourth-order valence-corrected chi connectivity index (χ4v) is 1.74. The van der Waals surface area contributed by atoms with Gasteiger partial charge in [0.2, 0.25) is 0 Å². The van der Waals surface area contributed by atoms with E-state index in [1.807, 2.05) is 25.1 Å². The second kappa shape index (κ2) is 7.30. The summed E-state index contributed by atoms with van der Waals surface area (Å²) in [5.41, 5.74) is 2.20. The van der Waals surface area contributed by atoms with Gasteiger partial charge in [-0.3, -0.25) is 0 Å². The molecule has 1 atom stereocenters. The van der Waals surface area contributed by atoms with Crippen LogP contribution in [0.4, 0.5) is 0 Å². The molecule has 0 radical (unpaired) electrons. The van der Waals surface area contributed by atoms with Gasteiger partial charge in [0.1, 0.15) is 5.75 Å². The van der Waals surface area contributed by atoms with Crippen molar-refractivity contribution in [3.63, 3.8) is 0 Å². The van der Waals surface area contributed by atoms with E-state index in [1.165, 1.54) is 5.56 Å². The van der Waals surface area contributed by atoms with E-state index in [9.17, 15) is 5.11 Å². The van der Waals surface area contributed by atoms with Crippen molar-refractivity contribution in [1.82, 2.24) is 0 Å². The van der Waals surface area contributed by atoms with Crippen LogP contribution in [0.5, 0.6) is 5.75 Å². The molecule has 3 heteroatoms. The van der Waals surface area contributed by atoms with Crippen molar-refractivity contribution in [3.8, 4) is 5.75 Å². The Labute approximate surface area is 103 Å². The van der Waals surface area contributed by atoms with Gasteiger partial charge in [0.15, 0.2) is 0 Å². The lowest BCUT2D eigenvalue weighted by atomic mass is 10.0. The quantitative estimate of drug-likeness (QED) is 0.741. The topological polar surface area (TPSA) is 38.7 Å². The molecule has 0 heterocycles. The number of rotatable bonds is 7. The maximum Gasteiger partial charge on any atom is 0.122 e. The van der Waals surface area contributed by atoms with E-state index in [2.05, 4.69) is 6.92 Å². The van der Waals surface area contributed by atoms with Gasteiger partial charge in [-0.05, 0) is 25.0 Å². The average molecular weight is 238 g/mol. The lowest BCUT2D eigenvalue weighted by molar-refractivity contribution is 0.0371. The summed E-state index contributed by atoms with van der Waals surface area (Å²) in [5.74, 6) is 0.824. The highest BCUT2D eigenvalue weighted by molar-refractivity contribution is 5.37. The fraction of sp³-hybridized carbons (Fsp3) is 0.571. The molecule has 0 amide bonds. The predicted molar refractivity (Wildman–Crippen MR) is 68.6 cm³/mol. The molecule has 1 N–H and O–H groups in total. The van der Waals surface area contributed by atoms with Crippen molar-refractivity contribution < 1.29 is 14.6 Å². The molecule has 1 aromatic carbocycles. The van der Waals surface area contributed by atoms with Gasteiger partial charge in [-0.25, -0.2) is 0 Å². The van der Waals surface area contributed by atoms with Crippen LogP contribution < -0.4 is 4.74 Å². The van der Waals surface area contributed by atoms with E-state index in [-0.39, 0.29) is 0 Å². The molecule has 1 rings (SSSR count). The van der Waals surface area contributed by atoms with E-state index < -0.39 is 6.10 Å². The van der Waals surface area contributed by atoms with Crippen LogP contribution in [0.2, 0.25) is 0 Å². The van der Waals surface area contributed by atoms with E-state index in [4.69, 9.17) is 9.47 Å². The number of aliphatic hydroxyl groups is 1. The van der Waals surface area contributed by atoms with Crippen LogP contribution in [0.3, 0.4) is 0 Å². The molecule has 0 bridgehead atoms. The zero-order valence-electron chi connectivity index (χ0n) is 10.9. The van der Waals surface area contributed by atoms with Crippen LogP contribution in [-0.2, 0) is 11.2 Å². The largest absolute Gasteiger partial charge is 0.496 e. The Morgan fingerprint density at radius 3 is 2.76 bits per heavy atom. The molecule has 1 aromatic rings. The molecule has 17 heavy (non-hydrogen) atoms. The molecule has 0 fully saturated rings. The molecule has 0 aliphatic rings. The third kappa shape index (κ3) is 4.75. The number of ether oxygens (including phenoxy) is 2. The van der Waals surface area contributed by atoms with E-state index >= 15 is 0 Å². The highest BCUT2D eigenvalue weighted by Crippen LogP contribution is 2.21. The summed E-state index contributed by atoms with van der Waals surface area (Å²) < 4.78 is 10.6. The summed E-state index contributed by atoms with van der Waals surface area (Å²) >= 11 is 0. The van der Waals surface area contributed by atoms with Crippen LogP contribution in [0.25, 0.3) is 0 Å². The number of aryl methyl sites for hydroxylation is 1. The minimum atomic E-state index is -0.475. The number of hydrogen-bond donors (Lipinski definition) is 1. The molecular weight excluding hydrogens is 216 g/mol. The van der Waals surface area contributed by atoms with Gasteiger partial charge < -0.3 is 14.6 Å². The number of methoxy groups -OCH3 is 1. The minimum absolute atomic E-state index is 0.380. The third-order valence-corrected chi connectivity index (χ3v) is 2.55. The van der Waals surface area contributed by atoms with E-state index in [0.29, 0.717) is 19.6 Å². The van der Waals surface area contributed by atoms with E-state index in [0.717, 1.165) is 17.7 Å². The van der Waals surface area contributed by atoms with Gasteiger partial charge in [0, 0.05) is 13.0 Å². The standard InChI is InChI=1S/C14H22O3/c1-4-7-17-10-13(15)9-12-8-11(2)5-6-14(12)16-3/h5-6,8,13,15H,4,7,9-10H2,1-3H3. The van der Waals surface area contributed by atoms with Gasteiger partial charge in [-0.2, -0.15) is 0 Å². The smallest absolute Gasteiger partial charge is 0.122 e. The molecule has 0 saturated heterocycles. The van der Waals surface area contributed by atoms with Crippen LogP contribution in [-0.4, -0.2) is 31.5 Å². The summed E-state index contributed by atoms with van der Waals surface area (Å²) in [4.78, 5) is 0. The van der Waals surface area contributed by atoms with Crippen LogP contribution >= 0.6 is 0 Å². The van der Waals surface area contributed by atoms with Crippen molar-refractivity contribution in [3.05, 3.63) is 29.3 Å². The van der Waals surface area contributed by atoms with Gasteiger partial charge >= 0.3 is 0 Å². The molecule has 96 valence electrons. The fourth-order valence-electron chi connectivity index (χ4n) is 1.74. The van der Waals surface area contributed by atoms with Gasteiger partial charge in [0.25, 0.3) is 0 Å². The summed E-state index contributed by atoms with van der Waals surface area (Å²) in [6.45, 7) is 5.16.